The molecule has 5 nitrogen and oxygen atoms in total. The Balaban J connectivity index is 1.43. The number of hydrogen-bond donors (Lipinski definition) is 1. The minimum Gasteiger partial charge on any atom is -0.338 e. The van der Waals surface area contributed by atoms with Gasteiger partial charge in [-0.25, -0.2) is 4.39 Å². The summed E-state index contributed by atoms with van der Waals surface area (Å²) in [7, 11) is 0. The number of nitrogens with one attached hydrogen (secondary N) is 1. The molecule has 2 aromatic carbocycles. The van der Waals surface area contributed by atoms with Crippen molar-refractivity contribution in [2.45, 2.75) is 12.8 Å². The van der Waals surface area contributed by atoms with Gasteiger partial charge in [0.15, 0.2) is 0 Å². The standard InChI is InChI=1S/C24H22FN3O2/c25-21-10-8-17(9-11-21)18-4-1-7-22(14-18)27-23(29)20-6-3-13-28(16-20)24(30)19-5-2-12-26-15-19/h1-2,4-5,7-12,14-15,20H,3,6,13,16H2,(H,27,29)/t20-/m1/s1. The summed E-state index contributed by atoms with van der Waals surface area (Å²) in [6.07, 6.45) is 4.69. The maximum Gasteiger partial charge on any atom is 0.255 e. The number of halogens is 1. The van der Waals surface area contributed by atoms with Crippen molar-refractivity contribution in [2.24, 2.45) is 5.92 Å². The Morgan fingerprint density at radius 3 is 2.63 bits per heavy atom. The number of carbonyl (C=O) groups excluding carboxylic acids is 2. The fraction of sp³-hybridized carbons (Fsp3) is 0.208. The van der Waals surface area contributed by atoms with Crippen LogP contribution in [-0.4, -0.2) is 34.8 Å². The van der Waals surface area contributed by atoms with E-state index >= 15 is 0 Å². The second-order valence-corrected chi connectivity index (χ2v) is 7.41. The van der Waals surface area contributed by atoms with Gasteiger partial charge in [0.25, 0.3) is 5.91 Å². The lowest BCUT2D eigenvalue weighted by Crippen LogP contribution is -2.43. The smallest absolute Gasteiger partial charge is 0.255 e. The fourth-order valence-corrected chi connectivity index (χ4v) is 3.71. The minimum absolute atomic E-state index is 0.0982. The fourth-order valence-electron chi connectivity index (χ4n) is 3.71. The number of rotatable bonds is 4. The van der Waals surface area contributed by atoms with Gasteiger partial charge in [0, 0.05) is 31.2 Å². The number of piperidine rings is 1. The van der Waals surface area contributed by atoms with Gasteiger partial charge in [0.2, 0.25) is 5.91 Å². The predicted octanol–water partition coefficient (Wildman–Crippen LogP) is 4.38. The van der Waals surface area contributed by atoms with E-state index in [1.165, 1.54) is 12.1 Å². The van der Waals surface area contributed by atoms with Gasteiger partial charge in [0.1, 0.15) is 5.82 Å². The van der Waals surface area contributed by atoms with E-state index in [1.807, 2.05) is 24.3 Å². The number of carbonyl (C=O) groups is 2. The summed E-state index contributed by atoms with van der Waals surface area (Å²) < 4.78 is 13.2. The van der Waals surface area contributed by atoms with Crippen LogP contribution < -0.4 is 5.32 Å². The van der Waals surface area contributed by atoms with E-state index in [4.69, 9.17) is 0 Å². The van der Waals surface area contributed by atoms with Crippen LogP contribution >= 0.6 is 0 Å². The van der Waals surface area contributed by atoms with Gasteiger partial charge in [-0.15, -0.1) is 0 Å². The molecule has 0 saturated carbocycles. The van der Waals surface area contributed by atoms with Crippen molar-refractivity contribution < 1.29 is 14.0 Å². The lowest BCUT2D eigenvalue weighted by atomic mass is 9.96. The third-order valence-corrected chi connectivity index (χ3v) is 5.30. The van der Waals surface area contributed by atoms with Crippen molar-refractivity contribution in [2.75, 3.05) is 18.4 Å². The third-order valence-electron chi connectivity index (χ3n) is 5.30. The van der Waals surface area contributed by atoms with Crippen LogP contribution in [0.2, 0.25) is 0 Å². The normalized spacial score (nSPS) is 16.2. The van der Waals surface area contributed by atoms with Crippen molar-refractivity contribution in [3.8, 4) is 11.1 Å². The zero-order valence-corrected chi connectivity index (χ0v) is 16.4. The summed E-state index contributed by atoms with van der Waals surface area (Å²) in [6.45, 7) is 1.02. The highest BCUT2D eigenvalue weighted by Crippen LogP contribution is 2.25. The van der Waals surface area contributed by atoms with Crippen molar-refractivity contribution in [1.29, 1.82) is 0 Å². The number of hydrogen-bond acceptors (Lipinski definition) is 3. The van der Waals surface area contributed by atoms with E-state index in [0.29, 0.717) is 24.3 Å². The zero-order valence-electron chi connectivity index (χ0n) is 16.4. The Morgan fingerprint density at radius 2 is 1.87 bits per heavy atom. The number of pyridine rings is 1. The Kier molecular flexibility index (Phi) is 5.84. The van der Waals surface area contributed by atoms with Crippen LogP contribution in [0.5, 0.6) is 0 Å². The molecule has 1 atom stereocenters. The summed E-state index contributed by atoms with van der Waals surface area (Å²) in [6, 6.07) is 17.2. The van der Waals surface area contributed by atoms with Gasteiger partial charge >= 0.3 is 0 Å². The molecule has 0 bridgehead atoms. The molecular weight excluding hydrogens is 381 g/mol. The molecule has 0 aliphatic carbocycles. The van der Waals surface area contributed by atoms with Crippen LogP contribution in [-0.2, 0) is 4.79 Å². The Hall–Kier alpha value is -3.54. The summed E-state index contributed by atoms with van der Waals surface area (Å²) in [5.41, 5.74) is 2.98. The number of nitrogens with zero attached hydrogens (tertiary/aromatic N) is 2. The highest BCUT2D eigenvalue weighted by atomic mass is 19.1. The molecule has 30 heavy (non-hydrogen) atoms. The molecule has 152 valence electrons. The molecule has 0 radical (unpaired) electrons. The molecule has 4 rings (SSSR count). The van der Waals surface area contributed by atoms with Crippen LogP contribution in [0.1, 0.15) is 23.2 Å². The predicted molar refractivity (Wildman–Crippen MR) is 113 cm³/mol. The molecule has 1 aromatic heterocycles. The van der Waals surface area contributed by atoms with Crippen LogP contribution in [0.15, 0.2) is 73.1 Å². The Labute approximate surface area is 174 Å². The Bertz CT molecular complexity index is 1040. The average molecular weight is 403 g/mol. The monoisotopic (exact) mass is 403 g/mol. The second-order valence-electron chi connectivity index (χ2n) is 7.41. The molecule has 1 fully saturated rings. The topological polar surface area (TPSA) is 62.3 Å². The second kappa shape index (κ2) is 8.86. The Morgan fingerprint density at radius 1 is 1.03 bits per heavy atom. The zero-order chi connectivity index (χ0) is 20.9. The highest BCUT2D eigenvalue weighted by molar-refractivity contribution is 5.96. The maximum atomic E-state index is 13.2. The lowest BCUT2D eigenvalue weighted by Gasteiger charge is -2.32. The van der Waals surface area contributed by atoms with Crippen LogP contribution in [0.25, 0.3) is 11.1 Å². The van der Waals surface area contributed by atoms with Gasteiger partial charge in [-0.05, 0) is 60.4 Å². The molecule has 0 spiro atoms. The van der Waals surface area contributed by atoms with E-state index < -0.39 is 0 Å². The van der Waals surface area contributed by atoms with E-state index in [2.05, 4.69) is 10.3 Å². The van der Waals surface area contributed by atoms with Gasteiger partial charge in [-0.3, -0.25) is 14.6 Å². The summed E-state index contributed by atoms with van der Waals surface area (Å²) >= 11 is 0. The van der Waals surface area contributed by atoms with E-state index in [-0.39, 0.29) is 23.5 Å². The van der Waals surface area contributed by atoms with Gasteiger partial charge in [-0.1, -0.05) is 24.3 Å². The number of anilines is 1. The molecule has 1 N–H and O–H groups in total. The molecule has 1 saturated heterocycles. The third kappa shape index (κ3) is 4.54. The molecule has 0 unspecified atom stereocenters. The van der Waals surface area contributed by atoms with Crippen molar-refractivity contribution in [1.82, 2.24) is 9.88 Å². The van der Waals surface area contributed by atoms with Crippen molar-refractivity contribution in [3.05, 3.63) is 84.4 Å². The van der Waals surface area contributed by atoms with Crippen molar-refractivity contribution >= 4 is 17.5 Å². The highest BCUT2D eigenvalue weighted by Gasteiger charge is 2.29. The first-order valence-corrected chi connectivity index (χ1v) is 9.96. The first-order valence-electron chi connectivity index (χ1n) is 9.96. The first kappa shape index (κ1) is 19.8. The van der Waals surface area contributed by atoms with E-state index in [9.17, 15) is 14.0 Å². The van der Waals surface area contributed by atoms with Crippen LogP contribution in [0.3, 0.4) is 0 Å². The largest absolute Gasteiger partial charge is 0.338 e. The summed E-state index contributed by atoms with van der Waals surface area (Å²) in [5, 5.41) is 2.97. The molecule has 1 aliphatic heterocycles. The number of benzene rings is 2. The number of amides is 2. The average Bonchev–Trinajstić information content (AvgIpc) is 2.80. The molecule has 2 amide bonds. The number of likely N-dealkylation sites (tertiary alicyclic amines) is 1. The van der Waals surface area contributed by atoms with Crippen LogP contribution in [0, 0.1) is 11.7 Å². The summed E-state index contributed by atoms with van der Waals surface area (Å²) in [5.74, 6) is -0.756. The van der Waals surface area contributed by atoms with Gasteiger partial charge in [0.05, 0.1) is 11.5 Å². The molecule has 1 aliphatic rings. The van der Waals surface area contributed by atoms with Gasteiger partial charge in [-0.2, -0.15) is 0 Å². The first-order chi connectivity index (χ1) is 14.6. The van der Waals surface area contributed by atoms with Gasteiger partial charge < -0.3 is 10.2 Å². The number of aromatic nitrogens is 1. The molecular formula is C24H22FN3O2. The minimum atomic E-state index is -0.286. The molecule has 3 aromatic rings. The van der Waals surface area contributed by atoms with E-state index in [1.54, 1.807) is 41.6 Å². The van der Waals surface area contributed by atoms with Crippen molar-refractivity contribution in [3.63, 3.8) is 0 Å². The molecule has 6 heteroatoms. The van der Waals surface area contributed by atoms with E-state index in [0.717, 1.165) is 24.0 Å². The molecule has 2 heterocycles. The SMILES string of the molecule is O=C(Nc1cccc(-c2ccc(F)cc2)c1)[C@@H]1CCCN(C(=O)c2cccnc2)C1. The summed E-state index contributed by atoms with van der Waals surface area (Å²) in [4.78, 5) is 31.3. The quantitative estimate of drug-likeness (QED) is 0.703. The lowest BCUT2D eigenvalue weighted by molar-refractivity contribution is -0.121. The maximum absolute atomic E-state index is 13.2. The van der Waals surface area contributed by atoms with Crippen LogP contribution in [0.4, 0.5) is 10.1 Å².